The van der Waals surface area contributed by atoms with Crippen LogP contribution in [0.25, 0.3) is 10.8 Å². The number of imide groups is 1. The zero-order valence-electron chi connectivity index (χ0n) is 14.9. The van der Waals surface area contributed by atoms with Crippen LogP contribution < -0.4 is 16.0 Å². The van der Waals surface area contributed by atoms with Crippen molar-refractivity contribution in [2.45, 2.75) is 13.3 Å². The van der Waals surface area contributed by atoms with E-state index in [1.165, 1.54) is 0 Å². The van der Waals surface area contributed by atoms with Gasteiger partial charge in [-0.25, -0.2) is 4.79 Å². The fourth-order valence-electron chi connectivity index (χ4n) is 2.23. The fraction of sp³-hybridized carbons (Fsp3) is 0.263. The number of urea groups is 1. The highest BCUT2D eigenvalue weighted by Gasteiger charge is 2.12. The first-order valence-electron chi connectivity index (χ1n) is 8.50. The number of benzene rings is 2. The van der Waals surface area contributed by atoms with Crippen LogP contribution in [0.3, 0.4) is 0 Å². The Kier molecular flexibility index (Phi) is 7.30. The summed E-state index contributed by atoms with van der Waals surface area (Å²) in [4.78, 5) is 46.5. The maximum Gasteiger partial charge on any atom is 0.325 e. The first-order valence-corrected chi connectivity index (χ1v) is 8.50. The van der Waals surface area contributed by atoms with Crippen LogP contribution in [-0.2, 0) is 14.3 Å². The van der Waals surface area contributed by atoms with Crippen molar-refractivity contribution in [1.29, 1.82) is 0 Å². The summed E-state index contributed by atoms with van der Waals surface area (Å²) in [7, 11) is 0. The lowest BCUT2D eigenvalue weighted by Gasteiger charge is -2.08. The SMILES string of the molecule is CCCNC(=O)NC(=O)COC(=O)CNC(=O)c1ccc2ccccc2c1. The molecule has 0 aliphatic rings. The average molecular weight is 371 g/mol. The Balaban J connectivity index is 1.75. The van der Waals surface area contributed by atoms with Crippen molar-refractivity contribution in [2.24, 2.45) is 0 Å². The van der Waals surface area contributed by atoms with E-state index in [0.29, 0.717) is 12.1 Å². The minimum atomic E-state index is -0.784. The van der Waals surface area contributed by atoms with E-state index in [9.17, 15) is 19.2 Å². The molecule has 3 N–H and O–H groups in total. The van der Waals surface area contributed by atoms with Crippen molar-refractivity contribution in [3.8, 4) is 0 Å². The molecule has 0 fully saturated rings. The average Bonchev–Trinajstić information content (AvgIpc) is 2.68. The lowest BCUT2D eigenvalue weighted by Crippen LogP contribution is -2.42. The molecule has 2 aromatic rings. The molecular weight excluding hydrogens is 350 g/mol. The molecule has 0 atom stereocenters. The Morgan fingerprint density at radius 1 is 0.963 bits per heavy atom. The summed E-state index contributed by atoms with van der Waals surface area (Å²) in [5.41, 5.74) is 0.409. The Labute approximate surface area is 156 Å². The van der Waals surface area contributed by atoms with Gasteiger partial charge in [-0.15, -0.1) is 0 Å². The third kappa shape index (κ3) is 6.43. The molecule has 0 radical (unpaired) electrons. The van der Waals surface area contributed by atoms with Gasteiger partial charge >= 0.3 is 12.0 Å². The van der Waals surface area contributed by atoms with E-state index >= 15 is 0 Å². The van der Waals surface area contributed by atoms with Crippen LogP contribution in [0, 0.1) is 0 Å². The third-order valence-corrected chi connectivity index (χ3v) is 3.56. The minimum Gasteiger partial charge on any atom is -0.454 e. The van der Waals surface area contributed by atoms with Gasteiger partial charge in [0.15, 0.2) is 6.61 Å². The Bertz CT molecular complexity index is 850. The van der Waals surface area contributed by atoms with E-state index in [4.69, 9.17) is 4.74 Å². The van der Waals surface area contributed by atoms with Crippen LogP contribution in [0.2, 0.25) is 0 Å². The van der Waals surface area contributed by atoms with Crippen molar-refractivity contribution >= 4 is 34.6 Å². The van der Waals surface area contributed by atoms with E-state index in [1.807, 2.05) is 42.6 Å². The zero-order chi connectivity index (χ0) is 19.6. The minimum absolute atomic E-state index is 0.388. The van der Waals surface area contributed by atoms with E-state index in [2.05, 4.69) is 10.6 Å². The molecule has 0 spiro atoms. The molecule has 2 rings (SSSR count). The summed E-state index contributed by atoms with van der Waals surface area (Å²) in [6, 6.07) is 12.1. The number of esters is 1. The van der Waals surface area contributed by atoms with Crippen molar-refractivity contribution in [3.63, 3.8) is 0 Å². The predicted molar refractivity (Wildman–Crippen MR) is 99.1 cm³/mol. The molecule has 0 heterocycles. The number of nitrogens with one attached hydrogen (secondary N) is 3. The highest BCUT2D eigenvalue weighted by Crippen LogP contribution is 2.15. The van der Waals surface area contributed by atoms with Crippen molar-refractivity contribution in [3.05, 3.63) is 48.0 Å². The normalized spacial score (nSPS) is 10.1. The van der Waals surface area contributed by atoms with Crippen LogP contribution in [0.1, 0.15) is 23.7 Å². The van der Waals surface area contributed by atoms with Crippen LogP contribution in [0.5, 0.6) is 0 Å². The lowest BCUT2D eigenvalue weighted by atomic mass is 10.1. The zero-order valence-corrected chi connectivity index (χ0v) is 14.9. The largest absolute Gasteiger partial charge is 0.454 e. The third-order valence-electron chi connectivity index (χ3n) is 3.56. The molecule has 27 heavy (non-hydrogen) atoms. The second-order valence-corrected chi connectivity index (χ2v) is 5.71. The summed E-state index contributed by atoms with van der Waals surface area (Å²) in [6.45, 7) is 1.31. The summed E-state index contributed by atoms with van der Waals surface area (Å²) in [5.74, 6) is -1.97. The van der Waals surface area contributed by atoms with Crippen molar-refractivity contribution < 1.29 is 23.9 Å². The highest BCUT2D eigenvalue weighted by atomic mass is 16.5. The molecule has 0 aliphatic heterocycles. The van der Waals surface area contributed by atoms with Crippen molar-refractivity contribution in [1.82, 2.24) is 16.0 Å². The maximum absolute atomic E-state index is 12.1. The van der Waals surface area contributed by atoms with Gasteiger partial charge in [0.25, 0.3) is 11.8 Å². The molecule has 0 saturated heterocycles. The number of carbonyl (C=O) groups excluding carboxylic acids is 4. The fourth-order valence-corrected chi connectivity index (χ4v) is 2.23. The van der Waals surface area contributed by atoms with Gasteiger partial charge in [-0.3, -0.25) is 19.7 Å². The predicted octanol–water partition coefficient (Wildman–Crippen LogP) is 1.35. The second-order valence-electron chi connectivity index (χ2n) is 5.71. The summed E-state index contributed by atoms with van der Waals surface area (Å²) >= 11 is 0. The molecular formula is C19H21N3O5. The standard InChI is InChI=1S/C19H21N3O5/c1-2-9-20-19(26)22-16(23)12-27-17(24)11-21-18(25)15-8-7-13-5-3-4-6-14(13)10-15/h3-8,10H,2,9,11-12H2,1H3,(H,21,25)(H2,20,22,23,26). The molecule has 142 valence electrons. The second kappa shape index (κ2) is 9.91. The van der Waals surface area contributed by atoms with Gasteiger partial charge in [0.05, 0.1) is 0 Å². The van der Waals surface area contributed by atoms with Gasteiger partial charge in [0, 0.05) is 12.1 Å². The van der Waals surface area contributed by atoms with Gasteiger partial charge in [0.1, 0.15) is 6.54 Å². The highest BCUT2D eigenvalue weighted by molar-refractivity contribution is 6.00. The van der Waals surface area contributed by atoms with E-state index in [-0.39, 0.29) is 6.54 Å². The van der Waals surface area contributed by atoms with E-state index in [1.54, 1.807) is 12.1 Å². The Morgan fingerprint density at radius 2 is 1.70 bits per heavy atom. The molecule has 0 saturated carbocycles. The molecule has 8 nitrogen and oxygen atoms in total. The summed E-state index contributed by atoms with van der Waals surface area (Å²) in [5, 5.41) is 8.82. The molecule has 0 unspecified atom stereocenters. The first kappa shape index (κ1) is 19.9. The van der Waals surface area contributed by atoms with Crippen LogP contribution >= 0.6 is 0 Å². The van der Waals surface area contributed by atoms with E-state index in [0.717, 1.165) is 17.2 Å². The van der Waals surface area contributed by atoms with Crippen LogP contribution in [0.4, 0.5) is 4.79 Å². The van der Waals surface area contributed by atoms with Gasteiger partial charge in [-0.2, -0.15) is 0 Å². The van der Waals surface area contributed by atoms with Gasteiger partial charge in [0.2, 0.25) is 0 Å². The monoisotopic (exact) mass is 371 g/mol. The lowest BCUT2D eigenvalue weighted by molar-refractivity contribution is -0.147. The van der Waals surface area contributed by atoms with Crippen molar-refractivity contribution in [2.75, 3.05) is 19.7 Å². The quantitative estimate of drug-likeness (QED) is 0.636. The maximum atomic E-state index is 12.1. The number of amides is 4. The van der Waals surface area contributed by atoms with Crippen LogP contribution in [0.15, 0.2) is 42.5 Å². The Hall–Kier alpha value is -3.42. The topological polar surface area (TPSA) is 114 Å². The number of fused-ring (bicyclic) bond motifs is 1. The molecule has 2 aromatic carbocycles. The van der Waals surface area contributed by atoms with Gasteiger partial charge in [-0.1, -0.05) is 37.3 Å². The number of rotatable bonds is 7. The molecule has 0 aliphatic carbocycles. The summed E-state index contributed by atoms with van der Waals surface area (Å²) < 4.78 is 4.72. The van der Waals surface area contributed by atoms with Crippen LogP contribution in [-0.4, -0.2) is 43.5 Å². The number of hydrogen-bond donors (Lipinski definition) is 3. The molecule has 0 bridgehead atoms. The molecule has 8 heteroatoms. The molecule has 4 amide bonds. The van der Waals surface area contributed by atoms with Gasteiger partial charge in [-0.05, 0) is 29.3 Å². The Morgan fingerprint density at radius 3 is 2.44 bits per heavy atom. The molecule has 0 aromatic heterocycles. The number of hydrogen-bond acceptors (Lipinski definition) is 5. The van der Waals surface area contributed by atoms with E-state index < -0.39 is 30.4 Å². The van der Waals surface area contributed by atoms with Gasteiger partial charge < -0.3 is 15.4 Å². The smallest absolute Gasteiger partial charge is 0.325 e. The summed E-state index contributed by atoms with van der Waals surface area (Å²) in [6.07, 6.45) is 0.730. The number of ether oxygens (including phenoxy) is 1. The number of carbonyl (C=O) groups is 4. The first-order chi connectivity index (χ1) is 13.0.